The maximum Gasteiger partial charge on any atom is 0.0183 e. The molecule has 0 N–H and O–H groups in total. The van der Waals surface area contributed by atoms with Crippen LogP contribution in [0.15, 0.2) is 0 Å². The van der Waals surface area contributed by atoms with E-state index in [1.54, 1.807) is 0 Å². The third-order valence-electron chi connectivity index (χ3n) is 2.48. The third kappa shape index (κ3) is 4.37. The Morgan fingerprint density at radius 3 is 2.54 bits per heavy atom. The van der Waals surface area contributed by atoms with Crippen molar-refractivity contribution >= 4 is 11.8 Å². The van der Waals surface area contributed by atoms with Gasteiger partial charge in [-0.1, -0.05) is 20.8 Å². The van der Waals surface area contributed by atoms with Gasteiger partial charge in [0.2, 0.25) is 0 Å². The Bertz CT molecular complexity index is 145. The minimum atomic E-state index is 0.441. The minimum Gasteiger partial charge on any atom is -0.302 e. The molecule has 1 rings (SSSR count). The molecular weight excluding hydrogens is 178 g/mol. The SMILES string of the molecule is CN(CC(C)(C)C)C1CCCSC1. The summed E-state index contributed by atoms with van der Waals surface area (Å²) in [5.74, 6) is 2.71. The molecule has 1 nitrogen and oxygen atoms in total. The van der Waals surface area contributed by atoms with Crippen molar-refractivity contribution < 1.29 is 0 Å². The van der Waals surface area contributed by atoms with Gasteiger partial charge in [-0.3, -0.25) is 0 Å². The summed E-state index contributed by atoms with van der Waals surface area (Å²) in [5, 5.41) is 0. The Morgan fingerprint density at radius 2 is 2.08 bits per heavy atom. The van der Waals surface area contributed by atoms with Crippen molar-refractivity contribution in [3.05, 3.63) is 0 Å². The standard InChI is InChI=1S/C11H23NS/c1-11(2,3)9-12(4)10-6-5-7-13-8-10/h10H,5-9H2,1-4H3. The van der Waals surface area contributed by atoms with Gasteiger partial charge in [0.15, 0.2) is 0 Å². The van der Waals surface area contributed by atoms with Crippen LogP contribution in [0, 0.1) is 5.41 Å². The molecule has 0 aromatic heterocycles. The van der Waals surface area contributed by atoms with Gasteiger partial charge in [0.25, 0.3) is 0 Å². The van der Waals surface area contributed by atoms with Crippen molar-refractivity contribution in [1.82, 2.24) is 4.90 Å². The molecule has 0 spiro atoms. The molecule has 2 heteroatoms. The highest BCUT2D eigenvalue weighted by Crippen LogP contribution is 2.23. The van der Waals surface area contributed by atoms with E-state index in [4.69, 9.17) is 0 Å². The van der Waals surface area contributed by atoms with E-state index < -0.39 is 0 Å². The molecule has 78 valence electrons. The molecule has 0 aliphatic carbocycles. The lowest BCUT2D eigenvalue weighted by atomic mass is 9.95. The summed E-state index contributed by atoms with van der Waals surface area (Å²) in [6, 6.07) is 0.831. The molecular formula is C11H23NS. The van der Waals surface area contributed by atoms with Gasteiger partial charge in [-0.25, -0.2) is 0 Å². The minimum absolute atomic E-state index is 0.441. The Kier molecular flexibility index (Phi) is 4.11. The number of hydrogen-bond acceptors (Lipinski definition) is 2. The molecule has 1 fully saturated rings. The summed E-state index contributed by atoms with van der Waals surface area (Å²) in [4.78, 5) is 2.55. The maximum absolute atomic E-state index is 2.55. The highest BCUT2D eigenvalue weighted by molar-refractivity contribution is 7.99. The second-order valence-corrected chi connectivity index (χ2v) is 6.50. The summed E-state index contributed by atoms with van der Waals surface area (Å²) < 4.78 is 0. The number of thioether (sulfide) groups is 1. The first-order valence-electron chi connectivity index (χ1n) is 5.27. The summed E-state index contributed by atoms with van der Waals surface area (Å²) in [7, 11) is 2.28. The van der Waals surface area contributed by atoms with Crippen LogP contribution in [-0.2, 0) is 0 Å². The van der Waals surface area contributed by atoms with Crippen molar-refractivity contribution in [2.24, 2.45) is 5.41 Å². The molecule has 1 atom stereocenters. The molecule has 1 saturated heterocycles. The largest absolute Gasteiger partial charge is 0.302 e. The molecule has 1 heterocycles. The highest BCUT2D eigenvalue weighted by Gasteiger charge is 2.22. The van der Waals surface area contributed by atoms with Crippen LogP contribution in [0.25, 0.3) is 0 Å². The summed E-state index contributed by atoms with van der Waals surface area (Å²) >= 11 is 2.12. The topological polar surface area (TPSA) is 3.24 Å². The Labute approximate surface area is 87.3 Å². The van der Waals surface area contributed by atoms with Gasteiger partial charge < -0.3 is 4.90 Å². The van der Waals surface area contributed by atoms with Crippen LogP contribution in [0.4, 0.5) is 0 Å². The molecule has 13 heavy (non-hydrogen) atoms. The molecule has 0 saturated carbocycles. The van der Waals surface area contributed by atoms with Gasteiger partial charge in [0, 0.05) is 18.3 Å². The lowest BCUT2D eigenvalue weighted by molar-refractivity contribution is 0.175. The summed E-state index contributed by atoms with van der Waals surface area (Å²) in [6.07, 6.45) is 2.81. The van der Waals surface area contributed by atoms with Crippen molar-refractivity contribution in [2.75, 3.05) is 25.1 Å². The monoisotopic (exact) mass is 201 g/mol. The van der Waals surface area contributed by atoms with Gasteiger partial charge in [0.1, 0.15) is 0 Å². The lowest BCUT2D eigenvalue weighted by Crippen LogP contribution is -2.40. The molecule has 0 radical (unpaired) electrons. The zero-order valence-corrected chi connectivity index (χ0v) is 10.3. The number of nitrogens with zero attached hydrogens (tertiary/aromatic N) is 1. The Morgan fingerprint density at radius 1 is 1.38 bits per heavy atom. The molecule has 0 aromatic carbocycles. The first-order valence-corrected chi connectivity index (χ1v) is 6.42. The Hall–Kier alpha value is 0.310. The fourth-order valence-electron chi connectivity index (χ4n) is 1.95. The van der Waals surface area contributed by atoms with E-state index in [-0.39, 0.29) is 0 Å². The van der Waals surface area contributed by atoms with Crippen LogP contribution in [0.2, 0.25) is 0 Å². The number of hydrogen-bond donors (Lipinski definition) is 0. The van der Waals surface area contributed by atoms with E-state index in [2.05, 4.69) is 44.5 Å². The van der Waals surface area contributed by atoms with Crippen LogP contribution >= 0.6 is 11.8 Å². The van der Waals surface area contributed by atoms with E-state index >= 15 is 0 Å². The van der Waals surface area contributed by atoms with E-state index in [1.807, 2.05) is 0 Å². The quantitative estimate of drug-likeness (QED) is 0.676. The average molecular weight is 201 g/mol. The Balaban J connectivity index is 2.33. The normalized spacial score (nSPS) is 25.2. The van der Waals surface area contributed by atoms with Crippen LogP contribution < -0.4 is 0 Å². The van der Waals surface area contributed by atoms with Gasteiger partial charge >= 0.3 is 0 Å². The highest BCUT2D eigenvalue weighted by atomic mass is 32.2. The van der Waals surface area contributed by atoms with Crippen molar-refractivity contribution in [3.8, 4) is 0 Å². The van der Waals surface area contributed by atoms with Gasteiger partial charge in [0.05, 0.1) is 0 Å². The second-order valence-electron chi connectivity index (χ2n) is 5.35. The van der Waals surface area contributed by atoms with Crippen molar-refractivity contribution in [3.63, 3.8) is 0 Å². The third-order valence-corrected chi connectivity index (χ3v) is 3.68. The molecule has 1 aliphatic heterocycles. The van der Waals surface area contributed by atoms with Gasteiger partial charge in [-0.2, -0.15) is 11.8 Å². The maximum atomic E-state index is 2.55. The molecule has 1 unspecified atom stereocenters. The van der Waals surface area contributed by atoms with Crippen molar-refractivity contribution in [2.45, 2.75) is 39.7 Å². The lowest BCUT2D eigenvalue weighted by Gasteiger charge is -2.35. The van der Waals surface area contributed by atoms with E-state index in [1.165, 1.54) is 30.9 Å². The van der Waals surface area contributed by atoms with Crippen LogP contribution in [0.3, 0.4) is 0 Å². The predicted octanol–water partition coefficient (Wildman–Crippen LogP) is 2.86. The van der Waals surface area contributed by atoms with E-state index in [0.717, 1.165) is 6.04 Å². The zero-order valence-electron chi connectivity index (χ0n) is 9.47. The van der Waals surface area contributed by atoms with Gasteiger partial charge in [-0.15, -0.1) is 0 Å². The first kappa shape index (κ1) is 11.4. The van der Waals surface area contributed by atoms with E-state index in [0.29, 0.717) is 5.41 Å². The second kappa shape index (κ2) is 4.70. The molecule has 0 amide bonds. The van der Waals surface area contributed by atoms with Crippen LogP contribution in [0.5, 0.6) is 0 Å². The molecule has 1 aliphatic rings. The average Bonchev–Trinajstić information content (AvgIpc) is 2.03. The smallest absolute Gasteiger partial charge is 0.0183 e. The number of rotatable bonds is 2. The van der Waals surface area contributed by atoms with E-state index in [9.17, 15) is 0 Å². The predicted molar refractivity (Wildman–Crippen MR) is 62.4 cm³/mol. The fourth-order valence-corrected chi connectivity index (χ4v) is 3.18. The summed E-state index contributed by atoms with van der Waals surface area (Å²) in [6.45, 7) is 8.18. The van der Waals surface area contributed by atoms with Crippen LogP contribution in [-0.4, -0.2) is 36.0 Å². The fraction of sp³-hybridized carbons (Fsp3) is 1.00. The molecule has 0 aromatic rings. The van der Waals surface area contributed by atoms with Gasteiger partial charge in [-0.05, 0) is 31.1 Å². The molecule has 0 bridgehead atoms. The zero-order chi connectivity index (χ0) is 9.90. The summed E-state index contributed by atoms with van der Waals surface area (Å²) in [5.41, 5.74) is 0.441. The first-order chi connectivity index (χ1) is 5.99. The van der Waals surface area contributed by atoms with Crippen LogP contribution in [0.1, 0.15) is 33.6 Å². The van der Waals surface area contributed by atoms with Crippen molar-refractivity contribution in [1.29, 1.82) is 0 Å².